The Balaban J connectivity index is 1.99. The summed E-state index contributed by atoms with van der Waals surface area (Å²) in [5.41, 5.74) is 0. The van der Waals surface area contributed by atoms with Crippen LogP contribution in [0.15, 0.2) is 12.2 Å². The molecule has 0 aliphatic carbocycles. The van der Waals surface area contributed by atoms with E-state index >= 15 is 0 Å². The monoisotopic (exact) mass is 137 g/mol. The fourth-order valence-electron chi connectivity index (χ4n) is 2.42. The van der Waals surface area contributed by atoms with Crippen molar-refractivity contribution in [3.8, 4) is 0 Å². The molecule has 54 valence electrons. The van der Waals surface area contributed by atoms with Gasteiger partial charge in [-0.2, -0.15) is 0 Å². The van der Waals surface area contributed by atoms with Crippen molar-refractivity contribution in [2.45, 2.75) is 12.2 Å². The fraction of sp³-hybridized carbons (Fsp3) is 0.750. The summed E-state index contributed by atoms with van der Waals surface area (Å²) in [7, 11) is 0. The summed E-state index contributed by atoms with van der Waals surface area (Å²) in [6, 6.07) is 0. The van der Waals surface area contributed by atoms with Crippen molar-refractivity contribution in [2.24, 2.45) is 11.8 Å². The zero-order chi connectivity index (χ0) is 6.55. The van der Waals surface area contributed by atoms with Gasteiger partial charge in [-0.3, -0.25) is 0 Å². The largest absolute Gasteiger partial charge is 0.366 e. The quantitative estimate of drug-likeness (QED) is 0.480. The van der Waals surface area contributed by atoms with E-state index in [0.717, 1.165) is 24.9 Å². The Morgan fingerprint density at radius 1 is 1.10 bits per heavy atom. The molecule has 0 spiro atoms. The van der Waals surface area contributed by atoms with E-state index < -0.39 is 0 Å². The Labute approximate surface area is 60.3 Å². The second-order valence-electron chi connectivity index (χ2n) is 3.44. The molecule has 4 unspecified atom stereocenters. The molecule has 0 aromatic rings. The van der Waals surface area contributed by atoms with Crippen molar-refractivity contribution in [1.29, 1.82) is 0 Å². The van der Waals surface area contributed by atoms with Gasteiger partial charge in [0, 0.05) is 24.9 Å². The van der Waals surface area contributed by atoms with Crippen molar-refractivity contribution in [2.75, 3.05) is 13.1 Å². The molecule has 0 aromatic carbocycles. The van der Waals surface area contributed by atoms with Gasteiger partial charge in [0.2, 0.25) is 0 Å². The third kappa shape index (κ3) is 0.478. The molecule has 2 fully saturated rings. The van der Waals surface area contributed by atoms with E-state index in [1.807, 2.05) is 0 Å². The molecule has 2 bridgehead atoms. The van der Waals surface area contributed by atoms with Crippen LogP contribution in [0, 0.1) is 11.8 Å². The molecule has 3 heterocycles. The molecule has 3 rings (SSSR count). The predicted molar refractivity (Wildman–Crippen MR) is 37.7 cm³/mol. The second-order valence-corrected chi connectivity index (χ2v) is 3.44. The predicted octanol–water partition coefficient (Wildman–Crippen LogP) is 0.159. The molecule has 2 saturated heterocycles. The molecule has 3 aliphatic rings. The molecule has 0 amide bonds. The van der Waals surface area contributed by atoms with Crippen molar-refractivity contribution in [3.63, 3.8) is 0 Å². The first-order valence-electron chi connectivity index (χ1n) is 4.00. The Bertz CT molecular complexity index is 172. The van der Waals surface area contributed by atoms with E-state index in [4.69, 9.17) is 4.74 Å². The van der Waals surface area contributed by atoms with Gasteiger partial charge in [0.05, 0.1) is 12.2 Å². The van der Waals surface area contributed by atoms with Crippen LogP contribution in [0.3, 0.4) is 0 Å². The van der Waals surface area contributed by atoms with Gasteiger partial charge in [-0.1, -0.05) is 12.2 Å². The van der Waals surface area contributed by atoms with E-state index in [-0.39, 0.29) is 0 Å². The standard InChI is InChI=1S/C8H11NO/c1-2-8-6-4-9-3-5(6)7(1)10-8/h1-2,5-9H,3-4H2. The molecule has 1 N–H and O–H groups in total. The molecule has 0 saturated carbocycles. The lowest BCUT2D eigenvalue weighted by molar-refractivity contribution is 0.0986. The lowest BCUT2D eigenvalue weighted by Gasteiger charge is -2.13. The first-order valence-corrected chi connectivity index (χ1v) is 4.00. The summed E-state index contributed by atoms with van der Waals surface area (Å²) in [5.74, 6) is 1.57. The Morgan fingerprint density at radius 3 is 2.30 bits per heavy atom. The number of rotatable bonds is 0. The molecule has 4 atom stereocenters. The minimum atomic E-state index is 0.449. The highest BCUT2D eigenvalue weighted by atomic mass is 16.5. The van der Waals surface area contributed by atoms with E-state index in [9.17, 15) is 0 Å². The normalized spacial score (nSPS) is 56.0. The zero-order valence-electron chi connectivity index (χ0n) is 5.79. The lowest BCUT2D eigenvalue weighted by Crippen LogP contribution is -2.21. The highest BCUT2D eigenvalue weighted by Crippen LogP contribution is 2.40. The molecule has 3 aliphatic heterocycles. The van der Waals surface area contributed by atoms with E-state index in [1.54, 1.807) is 0 Å². The third-order valence-corrected chi connectivity index (χ3v) is 2.96. The van der Waals surface area contributed by atoms with E-state index in [2.05, 4.69) is 17.5 Å². The maximum Gasteiger partial charge on any atom is 0.0809 e. The maximum atomic E-state index is 5.69. The van der Waals surface area contributed by atoms with Gasteiger partial charge < -0.3 is 10.1 Å². The second kappa shape index (κ2) is 1.63. The van der Waals surface area contributed by atoms with Crippen molar-refractivity contribution < 1.29 is 4.74 Å². The van der Waals surface area contributed by atoms with Gasteiger partial charge in [0.25, 0.3) is 0 Å². The molecule has 0 aromatic heterocycles. The van der Waals surface area contributed by atoms with Gasteiger partial charge in [-0.05, 0) is 0 Å². The van der Waals surface area contributed by atoms with Crippen LogP contribution in [0.1, 0.15) is 0 Å². The lowest BCUT2D eigenvalue weighted by atomic mass is 9.86. The summed E-state index contributed by atoms with van der Waals surface area (Å²) in [5, 5.41) is 3.41. The van der Waals surface area contributed by atoms with Crippen LogP contribution >= 0.6 is 0 Å². The smallest absolute Gasteiger partial charge is 0.0809 e. The molecular formula is C8H11NO. The van der Waals surface area contributed by atoms with E-state index in [0.29, 0.717) is 12.2 Å². The summed E-state index contributed by atoms with van der Waals surface area (Å²) in [4.78, 5) is 0. The summed E-state index contributed by atoms with van der Waals surface area (Å²) >= 11 is 0. The number of hydrogen-bond acceptors (Lipinski definition) is 2. The van der Waals surface area contributed by atoms with Crippen LogP contribution in [0.5, 0.6) is 0 Å². The first kappa shape index (κ1) is 5.33. The minimum absolute atomic E-state index is 0.449. The molecule has 10 heavy (non-hydrogen) atoms. The number of fused-ring (bicyclic) bond motifs is 5. The highest BCUT2D eigenvalue weighted by Gasteiger charge is 2.47. The van der Waals surface area contributed by atoms with Crippen LogP contribution in [0.25, 0.3) is 0 Å². The Hall–Kier alpha value is -0.340. The van der Waals surface area contributed by atoms with Crippen molar-refractivity contribution in [3.05, 3.63) is 12.2 Å². The topological polar surface area (TPSA) is 21.3 Å². The number of hydrogen-bond donors (Lipinski definition) is 1. The molecule has 2 nitrogen and oxygen atoms in total. The van der Waals surface area contributed by atoms with Gasteiger partial charge >= 0.3 is 0 Å². The van der Waals surface area contributed by atoms with Crippen LogP contribution in [-0.4, -0.2) is 25.3 Å². The highest BCUT2D eigenvalue weighted by molar-refractivity contribution is 5.16. The average molecular weight is 137 g/mol. The van der Waals surface area contributed by atoms with Crippen molar-refractivity contribution in [1.82, 2.24) is 5.32 Å². The number of nitrogens with one attached hydrogen (secondary N) is 1. The first-order chi connectivity index (χ1) is 4.95. The van der Waals surface area contributed by atoms with Crippen LogP contribution in [-0.2, 0) is 4.74 Å². The van der Waals surface area contributed by atoms with Crippen molar-refractivity contribution >= 4 is 0 Å². The Morgan fingerprint density at radius 2 is 1.70 bits per heavy atom. The molecular weight excluding hydrogens is 126 g/mol. The SMILES string of the molecule is C1=CC2OC1C1CNCC21. The fourth-order valence-corrected chi connectivity index (χ4v) is 2.42. The molecule has 0 radical (unpaired) electrons. The van der Waals surface area contributed by atoms with Crippen LogP contribution in [0.2, 0.25) is 0 Å². The van der Waals surface area contributed by atoms with Crippen LogP contribution in [0.4, 0.5) is 0 Å². The van der Waals surface area contributed by atoms with Crippen LogP contribution < -0.4 is 5.32 Å². The van der Waals surface area contributed by atoms with Gasteiger partial charge in [-0.15, -0.1) is 0 Å². The minimum Gasteiger partial charge on any atom is -0.366 e. The Kier molecular flexibility index (Phi) is 0.868. The van der Waals surface area contributed by atoms with Gasteiger partial charge in [-0.25, -0.2) is 0 Å². The van der Waals surface area contributed by atoms with Gasteiger partial charge in [0.1, 0.15) is 0 Å². The van der Waals surface area contributed by atoms with Gasteiger partial charge in [0.15, 0.2) is 0 Å². The zero-order valence-corrected chi connectivity index (χ0v) is 5.79. The summed E-state index contributed by atoms with van der Waals surface area (Å²) in [6.45, 7) is 2.33. The molecule has 2 heteroatoms. The number of ether oxygens (including phenoxy) is 1. The average Bonchev–Trinajstić information content (AvgIpc) is 2.60. The summed E-state index contributed by atoms with van der Waals surface area (Å²) in [6.07, 6.45) is 5.34. The third-order valence-electron chi connectivity index (χ3n) is 2.96. The maximum absolute atomic E-state index is 5.69. The van der Waals surface area contributed by atoms with E-state index in [1.165, 1.54) is 0 Å². The summed E-state index contributed by atoms with van der Waals surface area (Å²) < 4.78 is 5.69.